The molecule has 118 valence electrons. The summed E-state index contributed by atoms with van der Waals surface area (Å²) in [5, 5.41) is 0. The first-order valence-electron chi connectivity index (χ1n) is 5.90. The number of carbonyl (C=O) groups is 1. The zero-order valence-electron chi connectivity index (χ0n) is 11.8. The Labute approximate surface area is 129 Å². The second-order valence-electron chi connectivity index (χ2n) is 4.77. The van der Waals surface area contributed by atoms with Crippen LogP contribution in [-0.2, 0) is 18.9 Å². The molecule has 0 unspecified atom stereocenters. The normalized spacial score (nSPS) is 12.2. The number of sulfone groups is 1. The third kappa shape index (κ3) is 5.29. The molecule has 0 bridgehead atoms. The predicted molar refractivity (Wildman–Crippen MR) is 80.9 cm³/mol. The maximum atomic E-state index is 12.1. The number of hydrogen-bond acceptors (Lipinski definition) is 5. The molecule has 0 atom stereocenters. The Morgan fingerprint density at radius 3 is 2.29 bits per heavy atom. The number of halogens is 1. The molecule has 0 aliphatic rings. The van der Waals surface area contributed by atoms with Gasteiger partial charge < -0.3 is 4.90 Å². The monoisotopic (exact) mass is 353 g/mol. The zero-order chi connectivity index (χ0) is 16.4. The first kappa shape index (κ1) is 17.9. The highest BCUT2D eigenvalue weighted by Gasteiger charge is 2.19. The molecule has 1 amide bonds. The average molecular weight is 354 g/mol. The number of carbonyl (C=O) groups excluding carboxylic acids is 1. The number of aryl methyl sites for hydroxylation is 1. The van der Waals surface area contributed by atoms with Gasteiger partial charge in [0.15, 0.2) is 0 Å². The molecule has 0 aliphatic heterocycles. The molecule has 1 aromatic rings. The molecule has 0 aliphatic carbocycles. The van der Waals surface area contributed by atoms with Crippen molar-refractivity contribution in [3.63, 3.8) is 0 Å². The average Bonchev–Trinajstić information content (AvgIpc) is 2.33. The van der Waals surface area contributed by atoms with Crippen LogP contribution in [-0.4, -0.2) is 53.2 Å². The van der Waals surface area contributed by atoms with Crippen LogP contribution in [0.2, 0.25) is 0 Å². The van der Waals surface area contributed by atoms with Gasteiger partial charge in [-0.15, -0.1) is 0 Å². The molecule has 0 saturated heterocycles. The van der Waals surface area contributed by atoms with E-state index in [0.29, 0.717) is 5.56 Å². The third-order valence-electron chi connectivity index (χ3n) is 2.84. The SMILES string of the molecule is Cc1ccc(C(=O)N(C)CCS(C)(=O)=O)cc1S(=O)(=O)Cl. The van der Waals surface area contributed by atoms with E-state index in [1.807, 2.05) is 0 Å². The summed E-state index contributed by atoms with van der Waals surface area (Å²) in [6, 6.07) is 4.14. The number of amides is 1. The summed E-state index contributed by atoms with van der Waals surface area (Å²) in [6.07, 6.45) is 1.08. The minimum absolute atomic E-state index is 0.0223. The third-order valence-corrected chi connectivity index (χ3v) is 5.23. The van der Waals surface area contributed by atoms with Crippen LogP contribution >= 0.6 is 10.7 Å². The fourth-order valence-electron chi connectivity index (χ4n) is 1.62. The van der Waals surface area contributed by atoms with Gasteiger partial charge in [0.2, 0.25) is 0 Å². The van der Waals surface area contributed by atoms with Crippen LogP contribution in [0.4, 0.5) is 0 Å². The van der Waals surface area contributed by atoms with E-state index >= 15 is 0 Å². The number of hydrogen-bond donors (Lipinski definition) is 0. The summed E-state index contributed by atoms with van der Waals surface area (Å²) in [7, 11) is -0.373. The van der Waals surface area contributed by atoms with E-state index < -0.39 is 24.8 Å². The highest BCUT2D eigenvalue weighted by atomic mass is 35.7. The van der Waals surface area contributed by atoms with Gasteiger partial charge in [0.1, 0.15) is 9.84 Å². The molecule has 1 aromatic carbocycles. The fourth-order valence-corrected chi connectivity index (χ4v) is 3.45. The van der Waals surface area contributed by atoms with Crippen LogP contribution in [0.15, 0.2) is 23.1 Å². The maximum Gasteiger partial charge on any atom is 0.261 e. The van der Waals surface area contributed by atoms with Gasteiger partial charge in [-0.2, -0.15) is 0 Å². The van der Waals surface area contributed by atoms with Crippen molar-refractivity contribution in [2.45, 2.75) is 11.8 Å². The van der Waals surface area contributed by atoms with Gasteiger partial charge in [-0.3, -0.25) is 4.79 Å². The lowest BCUT2D eigenvalue weighted by Crippen LogP contribution is -2.31. The van der Waals surface area contributed by atoms with E-state index in [1.54, 1.807) is 6.92 Å². The summed E-state index contributed by atoms with van der Waals surface area (Å²) in [6.45, 7) is 1.59. The molecule has 1 rings (SSSR count). The minimum Gasteiger partial charge on any atom is -0.341 e. The van der Waals surface area contributed by atoms with Crippen LogP contribution in [0.5, 0.6) is 0 Å². The molecule has 0 heterocycles. The molecule has 0 spiro atoms. The Morgan fingerprint density at radius 1 is 1.24 bits per heavy atom. The van der Waals surface area contributed by atoms with Gasteiger partial charge in [-0.05, 0) is 24.6 Å². The lowest BCUT2D eigenvalue weighted by atomic mass is 10.1. The van der Waals surface area contributed by atoms with E-state index in [-0.39, 0.29) is 22.8 Å². The molecular formula is C12H16ClNO5S2. The van der Waals surface area contributed by atoms with Crippen molar-refractivity contribution in [3.8, 4) is 0 Å². The maximum absolute atomic E-state index is 12.1. The summed E-state index contributed by atoms with van der Waals surface area (Å²) in [5.41, 5.74) is 0.566. The molecule has 0 saturated carbocycles. The van der Waals surface area contributed by atoms with Crippen LogP contribution in [0.1, 0.15) is 15.9 Å². The number of nitrogens with zero attached hydrogens (tertiary/aromatic N) is 1. The zero-order valence-corrected chi connectivity index (χ0v) is 14.2. The van der Waals surface area contributed by atoms with E-state index in [0.717, 1.165) is 6.26 Å². The lowest BCUT2D eigenvalue weighted by Gasteiger charge is -2.17. The highest BCUT2D eigenvalue weighted by Crippen LogP contribution is 2.21. The number of rotatable bonds is 5. The quantitative estimate of drug-likeness (QED) is 0.738. The first-order valence-corrected chi connectivity index (χ1v) is 10.3. The Hall–Kier alpha value is -1.12. The molecule has 0 N–H and O–H groups in total. The molecule has 21 heavy (non-hydrogen) atoms. The minimum atomic E-state index is -3.95. The summed E-state index contributed by atoms with van der Waals surface area (Å²) in [4.78, 5) is 13.2. The van der Waals surface area contributed by atoms with Gasteiger partial charge >= 0.3 is 0 Å². The Balaban J connectivity index is 3.04. The predicted octanol–water partition coefficient (Wildman–Crippen LogP) is 1.04. The standard InChI is InChI=1S/C12H16ClNO5S2/c1-9-4-5-10(8-11(9)21(13,18)19)12(15)14(2)6-7-20(3,16)17/h4-5,8H,6-7H2,1-3H3. The Bertz CT molecular complexity index is 756. The topological polar surface area (TPSA) is 88.6 Å². The smallest absolute Gasteiger partial charge is 0.261 e. The van der Waals surface area contributed by atoms with Gasteiger partial charge in [-0.25, -0.2) is 16.8 Å². The van der Waals surface area contributed by atoms with Crippen molar-refractivity contribution in [3.05, 3.63) is 29.3 Å². The summed E-state index contributed by atoms with van der Waals surface area (Å²) >= 11 is 0. The van der Waals surface area contributed by atoms with E-state index in [9.17, 15) is 21.6 Å². The van der Waals surface area contributed by atoms with Crippen LogP contribution in [0.25, 0.3) is 0 Å². The van der Waals surface area contributed by atoms with Crippen LogP contribution < -0.4 is 0 Å². The molecular weight excluding hydrogens is 338 g/mol. The van der Waals surface area contributed by atoms with E-state index in [1.165, 1.54) is 30.1 Å². The van der Waals surface area contributed by atoms with Crippen molar-refractivity contribution in [2.75, 3.05) is 25.6 Å². The van der Waals surface area contributed by atoms with Gasteiger partial charge in [-0.1, -0.05) is 6.07 Å². The second kappa shape index (κ2) is 6.33. The molecule has 0 radical (unpaired) electrons. The van der Waals surface area contributed by atoms with Crippen molar-refractivity contribution in [1.82, 2.24) is 4.90 Å². The van der Waals surface area contributed by atoms with E-state index in [4.69, 9.17) is 10.7 Å². The summed E-state index contributed by atoms with van der Waals surface area (Å²) < 4.78 is 45.0. The van der Waals surface area contributed by atoms with Crippen molar-refractivity contribution in [2.24, 2.45) is 0 Å². The molecule has 0 aromatic heterocycles. The van der Waals surface area contributed by atoms with Crippen LogP contribution in [0, 0.1) is 6.92 Å². The van der Waals surface area contributed by atoms with E-state index in [2.05, 4.69) is 0 Å². The summed E-state index contributed by atoms with van der Waals surface area (Å²) in [5.74, 6) is -0.637. The number of benzene rings is 1. The van der Waals surface area contributed by atoms with Gasteiger partial charge in [0, 0.05) is 36.1 Å². The second-order valence-corrected chi connectivity index (χ2v) is 9.57. The Kier molecular flexibility index (Phi) is 5.40. The molecule has 6 nitrogen and oxygen atoms in total. The fraction of sp³-hybridized carbons (Fsp3) is 0.417. The molecule has 9 heteroatoms. The van der Waals surface area contributed by atoms with Crippen LogP contribution in [0.3, 0.4) is 0 Å². The van der Waals surface area contributed by atoms with Crippen molar-refractivity contribution >= 4 is 35.5 Å². The van der Waals surface area contributed by atoms with Gasteiger partial charge in [0.25, 0.3) is 15.0 Å². The highest BCUT2D eigenvalue weighted by molar-refractivity contribution is 8.13. The lowest BCUT2D eigenvalue weighted by molar-refractivity contribution is 0.0803. The Morgan fingerprint density at radius 2 is 1.81 bits per heavy atom. The molecule has 0 fully saturated rings. The first-order chi connectivity index (χ1) is 9.42. The van der Waals surface area contributed by atoms with Crippen molar-refractivity contribution in [1.29, 1.82) is 0 Å². The van der Waals surface area contributed by atoms with Gasteiger partial charge in [0.05, 0.1) is 10.6 Å². The largest absolute Gasteiger partial charge is 0.341 e. The van der Waals surface area contributed by atoms with Crippen molar-refractivity contribution < 1.29 is 21.6 Å².